The molecule has 1 aromatic carbocycles. The lowest BCUT2D eigenvalue weighted by Gasteiger charge is -2.29. The molecule has 1 N–H and O–H groups in total. The number of nitrogens with one attached hydrogen (secondary N) is 1. The third-order valence-electron chi connectivity index (χ3n) is 4.59. The van der Waals surface area contributed by atoms with Crippen LogP contribution in [0.3, 0.4) is 0 Å². The first-order valence-electron chi connectivity index (χ1n) is 9.11. The van der Waals surface area contributed by atoms with Gasteiger partial charge in [-0.15, -0.1) is 0 Å². The van der Waals surface area contributed by atoms with E-state index >= 15 is 0 Å². The molecule has 0 aliphatic carbocycles. The minimum Gasteiger partial charge on any atom is -0.444 e. The van der Waals surface area contributed by atoms with Gasteiger partial charge in [0, 0.05) is 18.7 Å². The lowest BCUT2D eigenvalue weighted by Crippen LogP contribution is -2.52. The maximum atomic E-state index is 13.2. The minimum absolute atomic E-state index is 0.0614. The molecule has 1 aliphatic rings. The van der Waals surface area contributed by atoms with Crippen LogP contribution in [0.1, 0.15) is 46.6 Å². The van der Waals surface area contributed by atoms with Gasteiger partial charge in [0.25, 0.3) is 5.69 Å². The number of nitrogens with zero attached hydrogens (tertiary/aromatic N) is 2. The molecule has 0 fully saturated rings. The normalized spacial score (nSPS) is 15.7. The summed E-state index contributed by atoms with van der Waals surface area (Å²) in [5.41, 5.74) is 0.685. The van der Waals surface area contributed by atoms with Crippen LogP contribution in [-0.2, 0) is 16.0 Å². The van der Waals surface area contributed by atoms with Gasteiger partial charge in [0.1, 0.15) is 11.6 Å². The van der Waals surface area contributed by atoms with E-state index in [1.807, 2.05) is 13.8 Å². The highest BCUT2D eigenvalue weighted by Crippen LogP contribution is 2.32. The third kappa shape index (κ3) is 4.96. The Bertz CT molecular complexity index is 741. The van der Waals surface area contributed by atoms with Crippen LogP contribution in [-0.4, -0.2) is 35.1 Å². The van der Waals surface area contributed by atoms with Crippen molar-refractivity contribution >= 4 is 23.4 Å². The number of ether oxygens (including phenoxy) is 1. The van der Waals surface area contributed by atoms with E-state index in [1.54, 1.807) is 26.8 Å². The van der Waals surface area contributed by atoms with Crippen molar-refractivity contribution in [3.63, 3.8) is 0 Å². The SMILES string of the molecule is CCC(C)C(NC(=O)OC(C)(C)C)C(=O)N1CCc2ccc([N+](=O)[O-])cc21. The molecule has 0 radical (unpaired) electrons. The van der Waals surface area contributed by atoms with Crippen molar-refractivity contribution in [1.29, 1.82) is 0 Å². The second-order valence-corrected chi connectivity index (χ2v) is 7.82. The van der Waals surface area contributed by atoms with Gasteiger partial charge in [-0.05, 0) is 38.7 Å². The van der Waals surface area contributed by atoms with Crippen molar-refractivity contribution < 1.29 is 19.2 Å². The summed E-state index contributed by atoms with van der Waals surface area (Å²) in [4.78, 5) is 37.5. The molecule has 27 heavy (non-hydrogen) atoms. The second-order valence-electron chi connectivity index (χ2n) is 7.82. The summed E-state index contributed by atoms with van der Waals surface area (Å²) in [6.45, 7) is 9.50. The zero-order valence-corrected chi connectivity index (χ0v) is 16.4. The van der Waals surface area contributed by atoms with Crippen LogP contribution in [0, 0.1) is 16.0 Å². The highest BCUT2D eigenvalue weighted by molar-refractivity contribution is 6.00. The van der Waals surface area contributed by atoms with Crippen LogP contribution >= 0.6 is 0 Å². The first kappa shape index (κ1) is 20.7. The third-order valence-corrected chi connectivity index (χ3v) is 4.59. The van der Waals surface area contributed by atoms with E-state index in [4.69, 9.17) is 4.74 Å². The van der Waals surface area contributed by atoms with Crippen LogP contribution in [0.5, 0.6) is 0 Å². The Balaban J connectivity index is 2.26. The number of fused-ring (bicyclic) bond motifs is 1. The van der Waals surface area contributed by atoms with E-state index in [0.717, 1.165) is 5.56 Å². The van der Waals surface area contributed by atoms with Gasteiger partial charge < -0.3 is 15.0 Å². The van der Waals surface area contributed by atoms with Crippen LogP contribution in [0.25, 0.3) is 0 Å². The lowest BCUT2D eigenvalue weighted by atomic mass is 9.98. The van der Waals surface area contributed by atoms with Crippen molar-refractivity contribution in [2.45, 2.75) is 59.1 Å². The molecule has 0 spiro atoms. The standard InChI is InChI=1S/C19H27N3O5/c1-6-12(2)16(20-18(24)27-19(3,4)5)17(23)21-10-9-13-7-8-14(22(25)26)11-15(13)21/h7-8,11-12,16H,6,9-10H2,1-5H3,(H,20,24). The highest BCUT2D eigenvalue weighted by Gasteiger charge is 2.35. The molecule has 1 aromatic rings. The summed E-state index contributed by atoms with van der Waals surface area (Å²) in [7, 11) is 0. The summed E-state index contributed by atoms with van der Waals surface area (Å²) in [5.74, 6) is -0.401. The van der Waals surface area contributed by atoms with E-state index in [1.165, 1.54) is 17.0 Å². The first-order valence-corrected chi connectivity index (χ1v) is 9.11. The highest BCUT2D eigenvalue weighted by atomic mass is 16.6. The molecule has 0 saturated carbocycles. The summed E-state index contributed by atoms with van der Waals surface area (Å²) >= 11 is 0. The molecule has 0 aromatic heterocycles. The van der Waals surface area contributed by atoms with E-state index in [-0.39, 0.29) is 17.5 Å². The fourth-order valence-corrected chi connectivity index (χ4v) is 3.00. The van der Waals surface area contributed by atoms with Crippen LogP contribution in [0.4, 0.5) is 16.2 Å². The summed E-state index contributed by atoms with van der Waals surface area (Å²) in [5, 5.41) is 13.8. The lowest BCUT2D eigenvalue weighted by molar-refractivity contribution is -0.384. The molecular weight excluding hydrogens is 350 g/mol. The number of nitro groups is 1. The Morgan fingerprint density at radius 1 is 1.37 bits per heavy atom. The average Bonchev–Trinajstić information content (AvgIpc) is 2.99. The zero-order chi connectivity index (χ0) is 20.4. The molecular formula is C19H27N3O5. The molecule has 2 amide bonds. The Labute approximate surface area is 159 Å². The number of hydrogen-bond acceptors (Lipinski definition) is 5. The van der Waals surface area contributed by atoms with Gasteiger partial charge in [-0.25, -0.2) is 4.79 Å². The maximum Gasteiger partial charge on any atom is 0.408 e. The molecule has 148 valence electrons. The van der Waals surface area contributed by atoms with Crippen molar-refractivity contribution in [2.24, 2.45) is 5.92 Å². The van der Waals surface area contributed by atoms with Gasteiger partial charge in [-0.1, -0.05) is 26.3 Å². The molecule has 2 rings (SSSR count). The van der Waals surface area contributed by atoms with Gasteiger partial charge in [-0.2, -0.15) is 0 Å². The number of carbonyl (C=O) groups is 2. The van der Waals surface area contributed by atoms with Gasteiger partial charge in [0.05, 0.1) is 10.6 Å². The molecule has 1 heterocycles. The average molecular weight is 377 g/mol. The quantitative estimate of drug-likeness (QED) is 0.626. The van der Waals surface area contributed by atoms with E-state index in [2.05, 4.69) is 5.32 Å². The molecule has 2 unspecified atom stereocenters. The Kier molecular flexibility index (Phi) is 6.08. The number of nitro benzene ring substituents is 1. The molecule has 8 nitrogen and oxygen atoms in total. The van der Waals surface area contributed by atoms with Gasteiger partial charge in [-0.3, -0.25) is 14.9 Å². The number of alkyl carbamates (subject to hydrolysis) is 1. The summed E-state index contributed by atoms with van der Waals surface area (Å²) < 4.78 is 5.29. The largest absolute Gasteiger partial charge is 0.444 e. The molecule has 2 atom stereocenters. The number of amides is 2. The number of rotatable bonds is 5. The van der Waals surface area contributed by atoms with E-state index in [9.17, 15) is 19.7 Å². The van der Waals surface area contributed by atoms with Crippen molar-refractivity contribution in [1.82, 2.24) is 5.32 Å². The molecule has 0 saturated heterocycles. The minimum atomic E-state index is -0.768. The predicted octanol–water partition coefficient (Wildman–Crippen LogP) is 3.42. The number of non-ortho nitro benzene ring substituents is 1. The Morgan fingerprint density at radius 3 is 2.59 bits per heavy atom. The number of benzene rings is 1. The van der Waals surface area contributed by atoms with Crippen LogP contribution in [0.2, 0.25) is 0 Å². The number of carbonyl (C=O) groups excluding carboxylic acids is 2. The fraction of sp³-hybridized carbons (Fsp3) is 0.579. The molecule has 1 aliphatic heterocycles. The van der Waals surface area contributed by atoms with E-state index < -0.39 is 22.7 Å². The van der Waals surface area contributed by atoms with Crippen molar-refractivity contribution in [3.8, 4) is 0 Å². The Hall–Kier alpha value is -2.64. The predicted molar refractivity (Wildman–Crippen MR) is 102 cm³/mol. The monoisotopic (exact) mass is 377 g/mol. The summed E-state index contributed by atoms with van der Waals surface area (Å²) in [6.07, 6.45) is 0.653. The van der Waals surface area contributed by atoms with Crippen LogP contribution in [0.15, 0.2) is 18.2 Å². The van der Waals surface area contributed by atoms with Crippen LogP contribution < -0.4 is 10.2 Å². The maximum absolute atomic E-state index is 13.2. The number of hydrogen-bond donors (Lipinski definition) is 1. The van der Waals surface area contributed by atoms with Crippen molar-refractivity contribution in [3.05, 3.63) is 33.9 Å². The topological polar surface area (TPSA) is 102 Å². The molecule has 8 heteroatoms. The van der Waals surface area contributed by atoms with Gasteiger partial charge in [0.15, 0.2) is 0 Å². The summed E-state index contributed by atoms with van der Waals surface area (Å²) in [6, 6.07) is 3.77. The second kappa shape index (κ2) is 7.94. The van der Waals surface area contributed by atoms with E-state index in [0.29, 0.717) is 25.1 Å². The smallest absolute Gasteiger partial charge is 0.408 e. The number of anilines is 1. The first-order chi connectivity index (χ1) is 12.5. The van der Waals surface area contributed by atoms with Gasteiger partial charge in [0.2, 0.25) is 5.91 Å². The Morgan fingerprint density at radius 2 is 2.04 bits per heavy atom. The zero-order valence-electron chi connectivity index (χ0n) is 16.4. The van der Waals surface area contributed by atoms with Gasteiger partial charge >= 0.3 is 6.09 Å². The van der Waals surface area contributed by atoms with Crippen molar-refractivity contribution in [2.75, 3.05) is 11.4 Å². The fourth-order valence-electron chi connectivity index (χ4n) is 3.00. The molecule has 0 bridgehead atoms.